The molecule has 0 aliphatic rings. The van der Waals surface area contributed by atoms with Crippen molar-refractivity contribution in [1.29, 1.82) is 0 Å². The summed E-state index contributed by atoms with van der Waals surface area (Å²) in [7, 11) is 1.59. The maximum absolute atomic E-state index is 11.9. The molecular weight excluding hydrogens is 262 g/mol. The molecule has 106 valence electrons. The van der Waals surface area contributed by atoms with Crippen LogP contribution < -0.4 is 11.0 Å². The van der Waals surface area contributed by atoms with Crippen molar-refractivity contribution < 1.29 is 13.9 Å². The number of furan rings is 1. The summed E-state index contributed by atoms with van der Waals surface area (Å²) in [5, 5.41) is 2.67. The zero-order valence-electron chi connectivity index (χ0n) is 11.0. The van der Waals surface area contributed by atoms with Gasteiger partial charge in [-0.3, -0.25) is 4.79 Å². The number of carbonyl (C=O) groups excluding carboxylic acids is 1. The van der Waals surface area contributed by atoms with Crippen LogP contribution in [0.3, 0.4) is 0 Å². The van der Waals surface area contributed by atoms with Crippen molar-refractivity contribution in [3.05, 3.63) is 40.6 Å². The van der Waals surface area contributed by atoms with E-state index >= 15 is 0 Å². The number of nitrogens with one attached hydrogen (secondary N) is 2. The van der Waals surface area contributed by atoms with E-state index in [1.54, 1.807) is 19.2 Å². The molecule has 0 saturated carbocycles. The summed E-state index contributed by atoms with van der Waals surface area (Å²) in [5.41, 5.74) is -0.129. The number of ether oxygens (including phenoxy) is 1. The van der Waals surface area contributed by atoms with Crippen LogP contribution in [0, 0.1) is 0 Å². The monoisotopic (exact) mass is 277 g/mol. The highest BCUT2D eigenvalue weighted by Crippen LogP contribution is 2.15. The average Bonchev–Trinajstić information content (AvgIpc) is 2.97. The zero-order valence-corrected chi connectivity index (χ0v) is 11.0. The van der Waals surface area contributed by atoms with E-state index in [2.05, 4.69) is 15.3 Å². The molecule has 0 unspecified atom stereocenters. The van der Waals surface area contributed by atoms with E-state index < -0.39 is 11.6 Å². The van der Waals surface area contributed by atoms with Crippen LogP contribution in [-0.4, -0.2) is 36.1 Å². The fourth-order valence-electron chi connectivity index (χ4n) is 1.65. The molecule has 0 radical (unpaired) electrons. The van der Waals surface area contributed by atoms with Crippen molar-refractivity contribution in [3.8, 4) is 11.5 Å². The van der Waals surface area contributed by atoms with Gasteiger partial charge in [-0.25, -0.2) is 4.79 Å². The lowest BCUT2D eigenvalue weighted by atomic mass is 10.2. The lowest BCUT2D eigenvalue weighted by Gasteiger charge is -2.05. The van der Waals surface area contributed by atoms with Gasteiger partial charge in [-0.2, -0.15) is 4.98 Å². The Morgan fingerprint density at radius 2 is 2.40 bits per heavy atom. The smallest absolute Gasteiger partial charge is 0.346 e. The summed E-state index contributed by atoms with van der Waals surface area (Å²) in [6, 6.07) is 4.86. The Hall–Kier alpha value is -2.41. The topological polar surface area (TPSA) is 97.2 Å². The standard InChI is InChI=1S/C13H15N3O4/c1-19-6-3-5-14-12(17)10-8-9(15-13(18)16-10)11-4-2-7-20-11/h2,4,7-8H,3,5-6H2,1H3,(H,14,17)(H,15,16,18). The van der Waals surface area contributed by atoms with Crippen LogP contribution >= 0.6 is 0 Å². The van der Waals surface area contributed by atoms with Gasteiger partial charge in [0.15, 0.2) is 0 Å². The molecule has 2 heterocycles. The number of aromatic amines is 1. The van der Waals surface area contributed by atoms with Crippen molar-refractivity contribution in [2.45, 2.75) is 6.42 Å². The van der Waals surface area contributed by atoms with Crippen LogP contribution in [0.2, 0.25) is 0 Å². The van der Waals surface area contributed by atoms with Gasteiger partial charge in [-0.1, -0.05) is 0 Å². The second kappa shape index (κ2) is 6.67. The van der Waals surface area contributed by atoms with Gasteiger partial charge in [0, 0.05) is 20.3 Å². The van der Waals surface area contributed by atoms with E-state index in [4.69, 9.17) is 9.15 Å². The Morgan fingerprint density at radius 1 is 1.55 bits per heavy atom. The lowest BCUT2D eigenvalue weighted by molar-refractivity contribution is 0.0943. The van der Waals surface area contributed by atoms with Crippen molar-refractivity contribution in [2.75, 3.05) is 20.3 Å². The molecule has 0 spiro atoms. The quantitative estimate of drug-likeness (QED) is 0.761. The largest absolute Gasteiger partial charge is 0.463 e. The predicted octanol–water partition coefficient (Wildman–Crippen LogP) is 0.796. The number of rotatable bonds is 6. The van der Waals surface area contributed by atoms with Crippen LogP contribution in [-0.2, 0) is 4.74 Å². The van der Waals surface area contributed by atoms with Crippen LogP contribution in [0.5, 0.6) is 0 Å². The first-order valence-electron chi connectivity index (χ1n) is 6.13. The number of H-pyrrole nitrogens is 1. The molecule has 0 bridgehead atoms. The molecule has 0 aliphatic heterocycles. The van der Waals surface area contributed by atoms with E-state index in [-0.39, 0.29) is 5.69 Å². The van der Waals surface area contributed by atoms with Crippen LogP contribution in [0.15, 0.2) is 33.7 Å². The SMILES string of the molecule is COCCCNC(=O)c1cc(-c2ccco2)[nH]c(=O)n1. The number of hydrogen-bond acceptors (Lipinski definition) is 5. The number of methoxy groups -OCH3 is 1. The maximum Gasteiger partial charge on any atom is 0.346 e. The third-order valence-corrected chi connectivity index (χ3v) is 2.57. The van der Waals surface area contributed by atoms with E-state index in [0.717, 1.165) is 0 Å². The second-order valence-electron chi connectivity index (χ2n) is 4.06. The third-order valence-electron chi connectivity index (χ3n) is 2.57. The fraction of sp³-hybridized carbons (Fsp3) is 0.308. The average molecular weight is 277 g/mol. The minimum Gasteiger partial charge on any atom is -0.463 e. The highest BCUT2D eigenvalue weighted by molar-refractivity contribution is 5.92. The fourth-order valence-corrected chi connectivity index (χ4v) is 1.65. The zero-order chi connectivity index (χ0) is 14.4. The highest BCUT2D eigenvalue weighted by atomic mass is 16.5. The van der Waals surface area contributed by atoms with Gasteiger partial charge < -0.3 is 19.5 Å². The molecular formula is C13H15N3O4. The number of carbonyl (C=O) groups is 1. The molecule has 2 aromatic heterocycles. The predicted molar refractivity (Wildman–Crippen MR) is 71.4 cm³/mol. The van der Waals surface area contributed by atoms with Gasteiger partial charge in [-0.15, -0.1) is 0 Å². The Balaban J connectivity index is 2.12. The third kappa shape index (κ3) is 3.55. The molecule has 2 aromatic rings. The molecule has 0 atom stereocenters. The molecule has 2 N–H and O–H groups in total. The molecule has 20 heavy (non-hydrogen) atoms. The van der Waals surface area contributed by atoms with Crippen LogP contribution in [0.1, 0.15) is 16.9 Å². The molecule has 0 aliphatic carbocycles. The van der Waals surface area contributed by atoms with E-state index in [1.807, 2.05) is 0 Å². The molecule has 1 amide bonds. The summed E-state index contributed by atoms with van der Waals surface area (Å²) in [6.45, 7) is 1.01. The number of nitrogens with zero attached hydrogens (tertiary/aromatic N) is 1. The number of amides is 1. The number of aromatic nitrogens is 2. The van der Waals surface area contributed by atoms with E-state index in [0.29, 0.717) is 31.0 Å². The van der Waals surface area contributed by atoms with Crippen molar-refractivity contribution >= 4 is 5.91 Å². The van der Waals surface area contributed by atoms with Gasteiger partial charge in [0.1, 0.15) is 11.5 Å². The summed E-state index contributed by atoms with van der Waals surface area (Å²) in [6.07, 6.45) is 2.18. The first-order chi connectivity index (χ1) is 9.70. The van der Waals surface area contributed by atoms with Crippen molar-refractivity contribution in [1.82, 2.24) is 15.3 Å². The second-order valence-corrected chi connectivity index (χ2v) is 4.06. The molecule has 0 aromatic carbocycles. The van der Waals surface area contributed by atoms with E-state index in [1.165, 1.54) is 12.3 Å². The highest BCUT2D eigenvalue weighted by Gasteiger charge is 2.11. The normalized spacial score (nSPS) is 10.4. The van der Waals surface area contributed by atoms with Gasteiger partial charge in [0.2, 0.25) is 0 Å². The Morgan fingerprint density at radius 3 is 3.10 bits per heavy atom. The minimum atomic E-state index is -0.596. The summed E-state index contributed by atoms with van der Waals surface area (Å²) in [5.74, 6) is 0.0675. The van der Waals surface area contributed by atoms with Crippen LogP contribution in [0.4, 0.5) is 0 Å². The Kier molecular flexibility index (Phi) is 4.67. The van der Waals surface area contributed by atoms with Gasteiger partial charge in [-0.05, 0) is 24.6 Å². The lowest BCUT2D eigenvalue weighted by Crippen LogP contribution is -2.28. The summed E-state index contributed by atoms with van der Waals surface area (Å²) < 4.78 is 10.1. The molecule has 2 rings (SSSR count). The number of hydrogen-bond donors (Lipinski definition) is 2. The van der Waals surface area contributed by atoms with Gasteiger partial charge in [0.25, 0.3) is 5.91 Å². The first kappa shape index (κ1) is 14.0. The molecule has 0 saturated heterocycles. The summed E-state index contributed by atoms with van der Waals surface area (Å²) >= 11 is 0. The van der Waals surface area contributed by atoms with Crippen molar-refractivity contribution in [2.24, 2.45) is 0 Å². The van der Waals surface area contributed by atoms with Gasteiger partial charge in [0.05, 0.1) is 12.0 Å². The van der Waals surface area contributed by atoms with Crippen molar-refractivity contribution in [3.63, 3.8) is 0 Å². The maximum atomic E-state index is 11.9. The Bertz CT molecular complexity index is 619. The molecule has 7 heteroatoms. The van der Waals surface area contributed by atoms with Gasteiger partial charge >= 0.3 is 5.69 Å². The van der Waals surface area contributed by atoms with Crippen LogP contribution in [0.25, 0.3) is 11.5 Å². The van der Waals surface area contributed by atoms with E-state index in [9.17, 15) is 9.59 Å². The molecule has 7 nitrogen and oxygen atoms in total. The minimum absolute atomic E-state index is 0.0533. The molecule has 0 fully saturated rings. The first-order valence-corrected chi connectivity index (χ1v) is 6.13. The Labute approximate surface area is 115 Å². The summed E-state index contributed by atoms with van der Waals surface area (Å²) in [4.78, 5) is 29.5.